The smallest absolute Gasteiger partial charge is 0.337 e. The minimum Gasteiger partial charge on any atom is -0.506 e. The predicted molar refractivity (Wildman–Crippen MR) is 86.7 cm³/mol. The van der Waals surface area contributed by atoms with Crippen LogP contribution in [-0.4, -0.2) is 35.6 Å². The Hall–Kier alpha value is -3.62. The topological polar surface area (TPSA) is 128 Å². The van der Waals surface area contributed by atoms with Gasteiger partial charge in [0.15, 0.2) is 12.4 Å². The number of hydrogen-bond acceptors (Lipinski definition) is 7. The van der Waals surface area contributed by atoms with Gasteiger partial charge in [-0.3, -0.25) is 14.9 Å². The molecule has 2 rings (SSSR count). The summed E-state index contributed by atoms with van der Waals surface area (Å²) in [5.41, 5.74) is -0.0847. The summed E-state index contributed by atoms with van der Waals surface area (Å²) in [7, 11) is 1.20. The van der Waals surface area contributed by atoms with Gasteiger partial charge in [-0.2, -0.15) is 0 Å². The van der Waals surface area contributed by atoms with Gasteiger partial charge in [-0.1, -0.05) is 12.1 Å². The first-order valence-corrected chi connectivity index (χ1v) is 6.99. The Kier molecular flexibility index (Phi) is 5.51. The van der Waals surface area contributed by atoms with Crippen LogP contribution in [0.3, 0.4) is 0 Å². The molecule has 0 bridgehead atoms. The van der Waals surface area contributed by atoms with Crippen molar-refractivity contribution in [2.75, 3.05) is 19.0 Å². The molecule has 0 saturated carbocycles. The van der Waals surface area contributed by atoms with Crippen molar-refractivity contribution in [3.8, 4) is 11.5 Å². The normalized spacial score (nSPS) is 9.96. The highest BCUT2D eigenvalue weighted by Crippen LogP contribution is 2.27. The molecule has 9 heteroatoms. The van der Waals surface area contributed by atoms with E-state index in [1.807, 2.05) is 0 Å². The molecule has 9 nitrogen and oxygen atoms in total. The highest BCUT2D eigenvalue weighted by Gasteiger charge is 2.16. The second-order valence-electron chi connectivity index (χ2n) is 4.79. The summed E-state index contributed by atoms with van der Waals surface area (Å²) >= 11 is 0. The lowest BCUT2D eigenvalue weighted by Gasteiger charge is -2.10. The predicted octanol–water partition coefficient (Wildman–Crippen LogP) is 2.10. The number of carbonyl (C=O) groups is 2. The number of nitro groups is 1. The molecule has 2 N–H and O–H groups in total. The number of phenolic OH excluding ortho intramolecular Hbond substituents is 1. The third-order valence-corrected chi connectivity index (χ3v) is 3.11. The highest BCUT2D eigenvalue weighted by molar-refractivity contribution is 5.95. The second kappa shape index (κ2) is 7.77. The van der Waals surface area contributed by atoms with E-state index in [1.54, 1.807) is 0 Å². The molecular formula is C16H14N2O7. The molecule has 0 radical (unpaired) electrons. The van der Waals surface area contributed by atoms with Crippen LogP contribution >= 0.6 is 0 Å². The van der Waals surface area contributed by atoms with Gasteiger partial charge in [0.05, 0.1) is 23.3 Å². The van der Waals surface area contributed by atoms with Gasteiger partial charge in [0.25, 0.3) is 5.91 Å². The molecular weight excluding hydrogens is 332 g/mol. The van der Waals surface area contributed by atoms with E-state index in [0.717, 1.165) is 6.07 Å². The van der Waals surface area contributed by atoms with Gasteiger partial charge in [-0.15, -0.1) is 0 Å². The number of nitro benzene ring substituents is 1. The molecule has 0 aliphatic rings. The van der Waals surface area contributed by atoms with Crippen LogP contribution in [0, 0.1) is 10.1 Å². The third-order valence-electron chi connectivity index (χ3n) is 3.11. The molecule has 0 aliphatic heterocycles. The summed E-state index contributed by atoms with van der Waals surface area (Å²) in [6.07, 6.45) is 0. The van der Waals surface area contributed by atoms with E-state index in [0.29, 0.717) is 0 Å². The first-order valence-electron chi connectivity index (χ1n) is 6.99. The Balaban J connectivity index is 2.02. The quantitative estimate of drug-likeness (QED) is 0.355. The minimum absolute atomic E-state index is 0.0482. The van der Waals surface area contributed by atoms with Crippen molar-refractivity contribution in [2.24, 2.45) is 0 Å². The van der Waals surface area contributed by atoms with E-state index in [2.05, 4.69) is 10.1 Å². The van der Waals surface area contributed by atoms with Gasteiger partial charge in [0.2, 0.25) is 0 Å². The largest absolute Gasteiger partial charge is 0.506 e. The van der Waals surface area contributed by atoms with Crippen molar-refractivity contribution < 1.29 is 29.1 Å². The number of nitrogens with zero attached hydrogens (tertiary/aromatic N) is 1. The number of hydrogen-bond donors (Lipinski definition) is 2. The molecule has 0 saturated heterocycles. The zero-order valence-corrected chi connectivity index (χ0v) is 13.1. The van der Waals surface area contributed by atoms with E-state index in [-0.39, 0.29) is 28.4 Å². The van der Waals surface area contributed by atoms with Crippen LogP contribution in [-0.2, 0) is 9.53 Å². The molecule has 2 aromatic carbocycles. The first kappa shape index (κ1) is 17.7. The number of anilines is 1. The van der Waals surface area contributed by atoms with Crippen molar-refractivity contribution in [3.63, 3.8) is 0 Å². The lowest BCUT2D eigenvalue weighted by molar-refractivity contribution is -0.385. The zero-order valence-electron chi connectivity index (χ0n) is 13.1. The van der Waals surface area contributed by atoms with Gasteiger partial charge >= 0.3 is 11.7 Å². The van der Waals surface area contributed by atoms with E-state index in [4.69, 9.17) is 4.74 Å². The van der Waals surface area contributed by atoms with Crippen LogP contribution in [0.1, 0.15) is 10.4 Å². The van der Waals surface area contributed by atoms with Gasteiger partial charge in [-0.25, -0.2) is 4.79 Å². The Morgan fingerprint density at radius 2 is 1.96 bits per heavy atom. The molecule has 0 atom stereocenters. The number of rotatable bonds is 6. The van der Waals surface area contributed by atoms with Crippen molar-refractivity contribution in [1.29, 1.82) is 0 Å². The number of nitrogens with one attached hydrogen (secondary N) is 1. The molecule has 0 unspecified atom stereocenters. The lowest BCUT2D eigenvalue weighted by Crippen LogP contribution is -2.20. The standard InChI is InChI=1S/C16H14N2O7/c1-24-16(21)10-6-7-11(13(19)8-10)17-15(20)9-25-14-5-3-2-4-12(14)18(22)23/h2-8,19H,9H2,1H3,(H,17,20). The Morgan fingerprint density at radius 1 is 1.24 bits per heavy atom. The van der Waals surface area contributed by atoms with Crippen LogP contribution < -0.4 is 10.1 Å². The maximum Gasteiger partial charge on any atom is 0.337 e. The average Bonchev–Trinajstić information content (AvgIpc) is 2.61. The zero-order chi connectivity index (χ0) is 18.4. The van der Waals surface area contributed by atoms with Crippen LogP contribution in [0.25, 0.3) is 0 Å². The molecule has 0 aromatic heterocycles. The molecule has 1 amide bonds. The van der Waals surface area contributed by atoms with Gasteiger partial charge in [0.1, 0.15) is 5.75 Å². The fourth-order valence-corrected chi connectivity index (χ4v) is 1.94. The Bertz CT molecular complexity index is 820. The Labute approximate surface area is 141 Å². The maximum atomic E-state index is 11.9. The minimum atomic E-state index is -0.640. The molecule has 2 aromatic rings. The van der Waals surface area contributed by atoms with Gasteiger partial charge in [-0.05, 0) is 24.3 Å². The van der Waals surface area contributed by atoms with E-state index in [9.17, 15) is 24.8 Å². The lowest BCUT2D eigenvalue weighted by atomic mass is 10.2. The van der Waals surface area contributed by atoms with Crippen LogP contribution in [0.5, 0.6) is 11.5 Å². The van der Waals surface area contributed by atoms with E-state index >= 15 is 0 Å². The summed E-state index contributed by atoms with van der Waals surface area (Å²) in [4.78, 5) is 33.5. The summed E-state index contributed by atoms with van der Waals surface area (Å²) in [6, 6.07) is 9.47. The number of para-hydroxylation sites is 2. The monoisotopic (exact) mass is 346 g/mol. The number of amides is 1. The van der Waals surface area contributed by atoms with Crippen LogP contribution in [0.4, 0.5) is 11.4 Å². The fourth-order valence-electron chi connectivity index (χ4n) is 1.94. The molecule has 130 valence electrons. The van der Waals surface area contributed by atoms with Crippen molar-refractivity contribution >= 4 is 23.3 Å². The number of ether oxygens (including phenoxy) is 2. The summed E-state index contributed by atoms with van der Waals surface area (Å²) in [6.45, 7) is -0.497. The summed E-state index contributed by atoms with van der Waals surface area (Å²) in [5, 5.41) is 23.1. The summed E-state index contributed by atoms with van der Waals surface area (Å²) in [5.74, 6) is -1.65. The molecule has 0 spiro atoms. The van der Waals surface area contributed by atoms with Gasteiger partial charge < -0.3 is 19.9 Å². The number of methoxy groups -OCH3 is 1. The second-order valence-corrected chi connectivity index (χ2v) is 4.79. The third kappa shape index (κ3) is 4.44. The fraction of sp³-hybridized carbons (Fsp3) is 0.125. The van der Waals surface area contributed by atoms with Crippen LogP contribution in [0.15, 0.2) is 42.5 Å². The van der Waals surface area contributed by atoms with Crippen molar-refractivity contribution in [3.05, 3.63) is 58.1 Å². The van der Waals surface area contributed by atoms with Crippen LogP contribution in [0.2, 0.25) is 0 Å². The number of aromatic hydroxyl groups is 1. The van der Waals surface area contributed by atoms with Crippen molar-refractivity contribution in [1.82, 2.24) is 0 Å². The molecule has 25 heavy (non-hydrogen) atoms. The molecule has 0 fully saturated rings. The number of esters is 1. The SMILES string of the molecule is COC(=O)c1ccc(NC(=O)COc2ccccc2[N+](=O)[O-])c(O)c1. The number of benzene rings is 2. The van der Waals surface area contributed by atoms with Gasteiger partial charge in [0, 0.05) is 6.07 Å². The number of carbonyl (C=O) groups excluding carboxylic acids is 2. The highest BCUT2D eigenvalue weighted by atomic mass is 16.6. The first-order chi connectivity index (χ1) is 11.9. The maximum absolute atomic E-state index is 11.9. The van der Waals surface area contributed by atoms with Crippen molar-refractivity contribution in [2.45, 2.75) is 0 Å². The average molecular weight is 346 g/mol. The van der Waals surface area contributed by atoms with E-state index in [1.165, 1.54) is 43.5 Å². The molecule has 0 heterocycles. The number of phenols is 1. The molecule has 0 aliphatic carbocycles. The Morgan fingerprint density at radius 3 is 2.60 bits per heavy atom. The van der Waals surface area contributed by atoms with E-state index < -0.39 is 23.4 Å². The summed E-state index contributed by atoms with van der Waals surface area (Å²) < 4.78 is 9.66.